The van der Waals surface area contributed by atoms with E-state index in [9.17, 15) is 0 Å². The van der Waals surface area contributed by atoms with Crippen LogP contribution in [0.5, 0.6) is 0 Å². The molecule has 2 heteroatoms. The van der Waals surface area contributed by atoms with Crippen molar-refractivity contribution in [1.82, 2.24) is 5.32 Å². The Balaban J connectivity index is 2.68. The first kappa shape index (κ1) is 6.92. The van der Waals surface area contributed by atoms with E-state index in [1.165, 1.54) is 0 Å². The summed E-state index contributed by atoms with van der Waals surface area (Å²) in [5.41, 5.74) is 0. The molecule has 0 rings (SSSR count). The average Bonchev–Trinajstić information content (AvgIpc) is 1.61. The van der Waals surface area contributed by atoms with E-state index in [1.807, 2.05) is 13.8 Å². The first-order valence-corrected chi connectivity index (χ1v) is 2.46. The predicted octanol–water partition coefficient (Wildman–Crippen LogP) is 0.519. The highest BCUT2D eigenvalue weighted by Gasteiger charge is 1.86. The van der Waals surface area contributed by atoms with Gasteiger partial charge in [0.15, 0.2) is 0 Å². The van der Waals surface area contributed by atoms with E-state index < -0.39 is 0 Å². The first-order chi connectivity index (χ1) is 3.27. The molecule has 0 atom stereocenters. The monoisotopic (exact) mass is 102 g/mol. The smallest absolute Gasteiger partial charge is 0.0935 e. The molecule has 0 aromatic rings. The summed E-state index contributed by atoms with van der Waals surface area (Å²) in [7, 11) is 0. The molecular formula is C5H12NO. The molecule has 0 bridgehead atoms. The molecule has 0 aliphatic carbocycles. The number of rotatable bonds is 3. The van der Waals surface area contributed by atoms with Gasteiger partial charge in [-0.15, -0.1) is 0 Å². The van der Waals surface area contributed by atoms with E-state index in [0.29, 0.717) is 12.6 Å². The van der Waals surface area contributed by atoms with Crippen molar-refractivity contribution >= 4 is 0 Å². The van der Waals surface area contributed by atoms with Gasteiger partial charge in [0.25, 0.3) is 0 Å². The summed E-state index contributed by atoms with van der Waals surface area (Å²) in [6.45, 7) is 5.75. The molecular weight excluding hydrogens is 90.1 g/mol. The molecule has 0 aliphatic rings. The van der Waals surface area contributed by atoms with Crippen LogP contribution in [0.3, 0.4) is 0 Å². The van der Waals surface area contributed by atoms with Crippen LogP contribution in [-0.2, 0) is 0 Å². The standard InChI is InChI=1S/C5H12NO/c1-5(2)6-3-4-7/h4-7H,3H2,1-2H3. The molecule has 0 amide bonds. The van der Waals surface area contributed by atoms with E-state index in [2.05, 4.69) is 5.32 Å². The summed E-state index contributed by atoms with van der Waals surface area (Å²) < 4.78 is 0. The Bertz CT molecular complexity index is 37.1. The molecule has 0 unspecified atom stereocenters. The molecule has 43 valence electrons. The van der Waals surface area contributed by atoms with Gasteiger partial charge in [0, 0.05) is 12.6 Å². The molecule has 0 spiro atoms. The zero-order chi connectivity index (χ0) is 5.70. The summed E-state index contributed by atoms with van der Waals surface area (Å²) in [6.07, 6.45) is 0. The van der Waals surface area contributed by atoms with Crippen LogP contribution in [0.15, 0.2) is 0 Å². The molecule has 0 fully saturated rings. The van der Waals surface area contributed by atoms with Gasteiger partial charge in [-0.2, -0.15) is 0 Å². The second kappa shape index (κ2) is 4.09. The molecule has 2 nitrogen and oxygen atoms in total. The van der Waals surface area contributed by atoms with Crippen LogP contribution in [0.4, 0.5) is 0 Å². The second-order valence-electron chi connectivity index (χ2n) is 1.75. The minimum Gasteiger partial charge on any atom is -0.389 e. The van der Waals surface area contributed by atoms with E-state index in [4.69, 9.17) is 5.11 Å². The molecule has 0 saturated carbocycles. The van der Waals surface area contributed by atoms with Crippen LogP contribution in [0.1, 0.15) is 13.8 Å². The largest absolute Gasteiger partial charge is 0.389 e. The quantitative estimate of drug-likeness (QED) is 0.544. The average molecular weight is 102 g/mol. The van der Waals surface area contributed by atoms with Gasteiger partial charge in [0.1, 0.15) is 0 Å². The second-order valence-corrected chi connectivity index (χ2v) is 1.75. The molecule has 0 saturated heterocycles. The molecule has 0 heterocycles. The zero-order valence-corrected chi connectivity index (χ0v) is 4.81. The lowest BCUT2D eigenvalue weighted by atomic mass is 10.4. The van der Waals surface area contributed by atoms with Crippen LogP contribution in [0.25, 0.3) is 0 Å². The number of aliphatic hydroxyl groups is 1. The van der Waals surface area contributed by atoms with Crippen molar-refractivity contribution in [3.8, 4) is 0 Å². The number of nitrogens with one attached hydrogen (secondary N) is 1. The normalized spacial score (nSPS) is 10.3. The Labute approximate surface area is 44.5 Å². The Morgan fingerprint density at radius 1 is 1.71 bits per heavy atom. The van der Waals surface area contributed by atoms with Crippen molar-refractivity contribution in [2.24, 2.45) is 0 Å². The van der Waals surface area contributed by atoms with Gasteiger partial charge in [0.05, 0.1) is 6.61 Å². The molecule has 0 aromatic heterocycles. The van der Waals surface area contributed by atoms with E-state index in [1.54, 1.807) is 0 Å². The van der Waals surface area contributed by atoms with Crippen LogP contribution >= 0.6 is 0 Å². The Hall–Kier alpha value is -0.0800. The van der Waals surface area contributed by atoms with Crippen molar-refractivity contribution in [2.45, 2.75) is 19.9 Å². The molecule has 7 heavy (non-hydrogen) atoms. The third-order valence-corrected chi connectivity index (χ3v) is 0.617. The maximum absolute atomic E-state index is 8.13. The van der Waals surface area contributed by atoms with Gasteiger partial charge in [0.2, 0.25) is 0 Å². The van der Waals surface area contributed by atoms with Gasteiger partial charge < -0.3 is 10.4 Å². The zero-order valence-electron chi connectivity index (χ0n) is 4.81. The Morgan fingerprint density at radius 3 is 2.43 bits per heavy atom. The summed E-state index contributed by atoms with van der Waals surface area (Å²) in [4.78, 5) is 0. The highest BCUT2D eigenvalue weighted by molar-refractivity contribution is 4.55. The van der Waals surface area contributed by atoms with Crippen molar-refractivity contribution in [3.05, 3.63) is 6.61 Å². The summed E-state index contributed by atoms with van der Waals surface area (Å²) >= 11 is 0. The third-order valence-electron chi connectivity index (χ3n) is 0.617. The maximum atomic E-state index is 8.13. The van der Waals surface area contributed by atoms with Crippen molar-refractivity contribution in [1.29, 1.82) is 0 Å². The SMILES string of the molecule is CC(C)NC[CH]O. The first-order valence-electron chi connectivity index (χ1n) is 2.46. The molecule has 0 aromatic carbocycles. The lowest BCUT2D eigenvalue weighted by Gasteiger charge is -2.02. The van der Waals surface area contributed by atoms with Gasteiger partial charge >= 0.3 is 0 Å². The lowest BCUT2D eigenvalue weighted by Crippen LogP contribution is -2.23. The molecule has 2 N–H and O–H groups in total. The number of hydrogen-bond donors (Lipinski definition) is 2. The highest BCUT2D eigenvalue weighted by Crippen LogP contribution is 1.73. The Kier molecular flexibility index (Phi) is 4.04. The van der Waals surface area contributed by atoms with Crippen LogP contribution in [-0.4, -0.2) is 17.7 Å². The van der Waals surface area contributed by atoms with E-state index in [0.717, 1.165) is 6.61 Å². The van der Waals surface area contributed by atoms with Crippen LogP contribution in [0.2, 0.25) is 0 Å². The fraction of sp³-hybridized carbons (Fsp3) is 0.800. The van der Waals surface area contributed by atoms with Crippen LogP contribution in [0, 0.1) is 6.61 Å². The van der Waals surface area contributed by atoms with Crippen molar-refractivity contribution in [2.75, 3.05) is 6.54 Å². The third kappa shape index (κ3) is 5.92. The van der Waals surface area contributed by atoms with Gasteiger partial charge in [-0.05, 0) is 0 Å². The van der Waals surface area contributed by atoms with Gasteiger partial charge in [-0.3, -0.25) is 0 Å². The minimum atomic E-state index is 0.461. The topological polar surface area (TPSA) is 32.3 Å². The summed E-state index contributed by atoms with van der Waals surface area (Å²) in [5.74, 6) is 0. The fourth-order valence-corrected chi connectivity index (χ4v) is 0.288. The van der Waals surface area contributed by atoms with Crippen molar-refractivity contribution < 1.29 is 5.11 Å². The maximum Gasteiger partial charge on any atom is 0.0935 e. The van der Waals surface area contributed by atoms with E-state index in [-0.39, 0.29) is 0 Å². The molecule has 1 radical (unpaired) electrons. The number of hydrogen-bond acceptors (Lipinski definition) is 2. The predicted molar refractivity (Wildman–Crippen MR) is 29.4 cm³/mol. The van der Waals surface area contributed by atoms with Crippen LogP contribution < -0.4 is 5.32 Å². The number of aliphatic hydroxyl groups excluding tert-OH is 1. The van der Waals surface area contributed by atoms with Crippen molar-refractivity contribution in [3.63, 3.8) is 0 Å². The Morgan fingerprint density at radius 2 is 2.29 bits per heavy atom. The van der Waals surface area contributed by atoms with Gasteiger partial charge in [-0.25, -0.2) is 0 Å². The lowest BCUT2D eigenvalue weighted by molar-refractivity contribution is 0.369. The fourth-order valence-electron chi connectivity index (χ4n) is 0.288. The van der Waals surface area contributed by atoms with Gasteiger partial charge in [-0.1, -0.05) is 13.8 Å². The van der Waals surface area contributed by atoms with E-state index >= 15 is 0 Å². The summed E-state index contributed by atoms with van der Waals surface area (Å²) in [5, 5.41) is 11.1. The highest BCUT2D eigenvalue weighted by atomic mass is 16.3. The summed E-state index contributed by atoms with van der Waals surface area (Å²) in [6, 6.07) is 0.461. The minimum absolute atomic E-state index is 0.461. The molecule has 0 aliphatic heterocycles.